The number of hydrogen-bond donors (Lipinski definition) is 0. The maximum absolute atomic E-state index is 13.3. The molecule has 0 saturated heterocycles. The van der Waals surface area contributed by atoms with Crippen molar-refractivity contribution in [2.24, 2.45) is 11.8 Å². The Hall–Kier alpha value is -1.18. The van der Waals surface area contributed by atoms with Gasteiger partial charge in [0.05, 0.1) is 0 Å². The largest absolute Gasteiger partial charge is 0.294 e. The molecule has 1 aromatic carbocycles. The Morgan fingerprint density at radius 3 is 2.11 bits per heavy atom. The average molecular weight is 248 g/mol. The fraction of sp³-hybridized carbons (Fsp3) is 0.562. The van der Waals surface area contributed by atoms with E-state index in [-0.39, 0.29) is 17.5 Å². The topological polar surface area (TPSA) is 17.1 Å². The highest BCUT2D eigenvalue weighted by Crippen LogP contribution is 2.32. The molecule has 0 bridgehead atoms. The van der Waals surface area contributed by atoms with E-state index in [0.717, 1.165) is 48.3 Å². The molecule has 0 aliphatic heterocycles. The van der Waals surface area contributed by atoms with Gasteiger partial charge in [0.1, 0.15) is 5.82 Å². The second-order valence-corrected chi connectivity index (χ2v) is 5.74. The van der Waals surface area contributed by atoms with Crippen LogP contribution in [0.15, 0.2) is 12.1 Å². The Balaban J connectivity index is 2.24. The minimum atomic E-state index is -0.251. The van der Waals surface area contributed by atoms with Crippen LogP contribution in [0.2, 0.25) is 0 Å². The first-order valence-electron chi connectivity index (χ1n) is 6.80. The molecule has 0 unspecified atom stereocenters. The van der Waals surface area contributed by atoms with E-state index >= 15 is 0 Å². The highest BCUT2D eigenvalue weighted by Gasteiger charge is 2.27. The third-order valence-electron chi connectivity index (χ3n) is 4.13. The lowest BCUT2D eigenvalue weighted by Crippen LogP contribution is -2.22. The minimum Gasteiger partial charge on any atom is -0.294 e. The minimum absolute atomic E-state index is 0.143. The van der Waals surface area contributed by atoms with Crippen LogP contribution >= 0.6 is 0 Å². The maximum atomic E-state index is 13.3. The smallest absolute Gasteiger partial charge is 0.166 e. The number of aryl methyl sites for hydroxylation is 2. The summed E-state index contributed by atoms with van der Waals surface area (Å²) in [6.07, 6.45) is 4.23. The summed E-state index contributed by atoms with van der Waals surface area (Å²) in [4.78, 5) is 12.5. The predicted molar refractivity (Wildman–Crippen MR) is 71.3 cm³/mol. The molecule has 1 fully saturated rings. The van der Waals surface area contributed by atoms with E-state index in [0.29, 0.717) is 0 Å². The summed E-state index contributed by atoms with van der Waals surface area (Å²) in [6, 6.07) is 2.93. The number of hydrogen-bond acceptors (Lipinski definition) is 1. The van der Waals surface area contributed by atoms with Gasteiger partial charge >= 0.3 is 0 Å². The Kier molecular flexibility index (Phi) is 3.84. The molecule has 0 aromatic heterocycles. The molecule has 0 spiro atoms. The van der Waals surface area contributed by atoms with Gasteiger partial charge in [0, 0.05) is 11.5 Å². The number of rotatable bonds is 2. The molecule has 2 heteroatoms. The Bertz CT molecular complexity index is 433. The second kappa shape index (κ2) is 5.21. The molecule has 1 aliphatic rings. The number of halogens is 1. The van der Waals surface area contributed by atoms with Gasteiger partial charge in [-0.2, -0.15) is 0 Å². The molecule has 98 valence electrons. The normalized spacial score (nSPS) is 24.0. The molecule has 1 aromatic rings. The van der Waals surface area contributed by atoms with Crippen molar-refractivity contribution in [3.05, 3.63) is 34.6 Å². The fourth-order valence-corrected chi connectivity index (χ4v) is 3.03. The zero-order valence-electron chi connectivity index (χ0n) is 11.4. The second-order valence-electron chi connectivity index (χ2n) is 5.74. The van der Waals surface area contributed by atoms with Crippen molar-refractivity contribution in [3.8, 4) is 0 Å². The molecule has 1 saturated carbocycles. The molecule has 0 atom stereocenters. The highest BCUT2D eigenvalue weighted by molar-refractivity contribution is 6.00. The highest BCUT2D eigenvalue weighted by atomic mass is 19.1. The molecule has 2 rings (SSSR count). The summed E-state index contributed by atoms with van der Waals surface area (Å²) in [6.45, 7) is 5.90. The van der Waals surface area contributed by atoms with Crippen molar-refractivity contribution < 1.29 is 9.18 Å². The van der Waals surface area contributed by atoms with Gasteiger partial charge in [-0.25, -0.2) is 4.39 Å². The standard InChI is InChI=1S/C16H21FO/c1-10-4-6-13(7-5-10)16(18)15-11(2)8-14(17)9-12(15)3/h8-10,13H,4-7H2,1-3H3. The zero-order valence-corrected chi connectivity index (χ0v) is 11.4. The van der Waals surface area contributed by atoms with Crippen LogP contribution in [-0.2, 0) is 0 Å². The van der Waals surface area contributed by atoms with E-state index in [4.69, 9.17) is 0 Å². The first-order chi connectivity index (χ1) is 8.49. The molecule has 0 N–H and O–H groups in total. The third kappa shape index (κ3) is 2.63. The SMILES string of the molecule is Cc1cc(F)cc(C)c1C(=O)C1CCC(C)CC1. The van der Waals surface area contributed by atoms with Crippen molar-refractivity contribution in [2.75, 3.05) is 0 Å². The van der Waals surface area contributed by atoms with Crippen LogP contribution in [0.4, 0.5) is 4.39 Å². The summed E-state index contributed by atoms with van der Waals surface area (Å²) in [7, 11) is 0. The van der Waals surface area contributed by atoms with Crippen molar-refractivity contribution >= 4 is 5.78 Å². The Morgan fingerprint density at radius 1 is 1.11 bits per heavy atom. The lowest BCUT2D eigenvalue weighted by Gasteiger charge is -2.26. The monoisotopic (exact) mass is 248 g/mol. The summed E-state index contributed by atoms with van der Waals surface area (Å²) in [5, 5.41) is 0. The molecule has 1 nitrogen and oxygen atoms in total. The van der Waals surface area contributed by atoms with Gasteiger partial charge in [0.2, 0.25) is 0 Å². The van der Waals surface area contributed by atoms with Gasteiger partial charge < -0.3 is 0 Å². The van der Waals surface area contributed by atoms with Crippen molar-refractivity contribution in [2.45, 2.75) is 46.5 Å². The van der Waals surface area contributed by atoms with Gasteiger partial charge in [-0.3, -0.25) is 4.79 Å². The third-order valence-corrected chi connectivity index (χ3v) is 4.13. The lowest BCUT2D eigenvalue weighted by molar-refractivity contribution is 0.0874. The lowest BCUT2D eigenvalue weighted by atomic mass is 9.78. The maximum Gasteiger partial charge on any atom is 0.166 e. The van der Waals surface area contributed by atoms with Crippen LogP contribution < -0.4 is 0 Å². The van der Waals surface area contributed by atoms with Crippen LogP contribution in [0.3, 0.4) is 0 Å². The van der Waals surface area contributed by atoms with Gasteiger partial charge in [0.15, 0.2) is 5.78 Å². The fourth-order valence-electron chi connectivity index (χ4n) is 3.03. The van der Waals surface area contributed by atoms with E-state index in [9.17, 15) is 9.18 Å². The van der Waals surface area contributed by atoms with Crippen LogP contribution in [0.5, 0.6) is 0 Å². The first kappa shape index (κ1) is 13.3. The summed E-state index contributed by atoms with van der Waals surface area (Å²) in [5.41, 5.74) is 2.29. The molecule has 0 radical (unpaired) electrons. The Labute approximate surface area is 108 Å². The van der Waals surface area contributed by atoms with Gasteiger partial charge in [-0.1, -0.05) is 19.8 Å². The van der Waals surface area contributed by atoms with Crippen molar-refractivity contribution in [1.29, 1.82) is 0 Å². The van der Waals surface area contributed by atoms with E-state index in [1.165, 1.54) is 12.1 Å². The molecule has 18 heavy (non-hydrogen) atoms. The van der Waals surface area contributed by atoms with Gasteiger partial charge in [0.25, 0.3) is 0 Å². The van der Waals surface area contributed by atoms with Crippen molar-refractivity contribution in [3.63, 3.8) is 0 Å². The number of ketones is 1. The molecule has 0 amide bonds. The molecular weight excluding hydrogens is 227 g/mol. The number of carbonyl (C=O) groups is 1. The van der Waals surface area contributed by atoms with Crippen LogP contribution in [0.1, 0.15) is 54.1 Å². The summed E-state index contributed by atoms with van der Waals surface area (Å²) in [5.74, 6) is 0.851. The van der Waals surface area contributed by atoms with E-state index in [1.54, 1.807) is 0 Å². The molecule has 0 heterocycles. The Morgan fingerprint density at radius 2 is 1.61 bits per heavy atom. The van der Waals surface area contributed by atoms with Crippen LogP contribution in [0, 0.1) is 31.5 Å². The number of carbonyl (C=O) groups excluding carboxylic acids is 1. The average Bonchev–Trinajstić information content (AvgIpc) is 2.28. The summed E-state index contributed by atoms with van der Waals surface area (Å²) < 4.78 is 13.3. The first-order valence-corrected chi connectivity index (χ1v) is 6.80. The number of Topliss-reactive ketones (excluding diaryl/α,β-unsaturated/α-hetero) is 1. The van der Waals surface area contributed by atoms with Crippen molar-refractivity contribution in [1.82, 2.24) is 0 Å². The van der Waals surface area contributed by atoms with Crippen LogP contribution in [-0.4, -0.2) is 5.78 Å². The zero-order chi connectivity index (χ0) is 13.3. The quantitative estimate of drug-likeness (QED) is 0.707. The molecule has 1 aliphatic carbocycles. The van der Waals surface area contributed by atoms with E-state index in [1.807, 2.05) is 13.8 Å². The van der Waals surface area contributed by atoms with Gasteiger partial charge in [-0.15, -0.1) is 0 Å². The number of benzene rings is 1. The predicted octanol–water partition coefficient (Wildman–Crippen LogP) is 4.45. The molecular formula is C16H21FO. The van der Waals surface area contributed by atoms with Crippen LogP contribution in [0.25, 0.3) is 0 Å². The summed E-state index contributed by atoms with van der Waals surface area (Å²) >= 11 is 0. The van der Waals surface area contributed by atoms with Gasteiger partial charge in [-0.05, 0) is 55.9 Å². The van der Waals surface area contributed by atoms with E-state index in [2.05, 4.69) is 6.92 Å². The van der Waals surface area contributed by atoms with E-state index < -0.39 is 0 Å².